The number of nitrogens with zero attached hydrogens (tertiary/aromatic N) is 4. The molecule has 0 amide bonds. The average Bonchev–Trinajstić information content (AvgIpc) is 3.20. The van der Waals surface area contributed by atoms with Crippen LogP contribution in [0, 0.1) is 0 Å². The maximum atomic E-state index is 4.74. The number of aromatic amines is 1. The molecule has 0 atom stereocenters. The van der Waals surface area contributed by atoms with Crippen molar-refractivity contribution in [2.24, 2.45) is 0 Å². The smallest absolute Gasteiger partial charge is 0.165 e. The van der Waals surface area contributed by atoms with E-state index in [1.807, 2.05) is 29.2 Å². The molecule has 4 aromatic rings. The second-order valence-corrected chi connectivity index (χ2v) is 6.15. The largest absolute Gasteiger partial charge is 0.369 e. The molecule has 0 aliphatic heterocycles. The van der Waals surface area contributed by atoms with Crippen LogP contribution in [0.15, 0.2) is 48.9 Å². The number of hydrogen-bond donors (Lipinski definition) is 2. The molecule has 2 N–H and O–H groups in total. The molecule has 0 aliphatic carbocycles. The number of likely N-dealkylation sites (N-methyl/N-ethyl adjacent to an activating group) is 1. The zero-order valence-electron chi connectivity index (χ0n) is 13.8. The first-order valence-electron chi connectivity index (χ1n) is 8.01. The fourth-order valence-corrected chi connectivity index (χ4v) is 2.79. The van der Waals surface area contributed by atoms with E-state index in [4.69, 9.17) is 4.98 Å². The van der Waals surface area contributed by atoms with Crippen molar-refractivity contribution in [3.8, 4) is 11.1 Å². The molecule has 24 heavy (non-hydrogen) atoms. The van der Waals surface area contributed by atoms with E-state index in [1.54, 1.807) is 0 Å². The summed E-state index contributed by atoms with van der Waals surface area (Å²) in [7, 11) is 4.12. The van der Waals surface area contributed by atoms with Crippen molar-refractivity contribution in [3.63, 3.8) is 0 Å². The van der Waals surface area contributed by atoms with Crippen molar-refractivity contribution in [2.75, 3.05) is 32.5 Å². The van der Waals surface area contributed by atoms with Crippen LogP contribution in [0.3, 0.4) is 0 Å². The number of anilines is 1. The van der Waals surface area contributed by atoms with Crippen LogP contribution in [0.5, 0.6) is 0 Å². The lowest BCUT2D eigenvalue weighted by Crippen LogP contribution is -2.21. The zero-order chi connectivity index (χ0) is 16.5. The zero-order valence-corrected chi connectivity index (χ0v) is 13.8. The Morgan fingerprint density at radius 2 is 2.12 bits per heavy atom. The van der Waals surface area contributed by atoms with Crippen molar-refractivity contribution in [1.82, 2.24) is 24.5 Å². The summed E-state index contributed by atoms with van der Waals surface area (Å²) in [5, 5.41) is 8.99. The van der Waals surface area contributed by atoms with Gasteiger partial charge in [0.25, 0.3) is 0 Å². The van der Waals surface area contributed by atoms with Gasteiger partial charge < -0.3 is 15.2 Å². The molecule has 4 rings (SSSR count). The van der Waals surface area contributed by atoms with Gasteiger partial charge in [0.1, 0.15) is 5.82 Å². The first-order valence-corrected chi connectivity index (χ1v) is 8.01. The second kappa shape index (κ2) is 5.98. The Kier molecular flexibility index (Phi) is 3.66. The quantitative estimate of drug-likeness (QED) is 0.593. The van der Waals surface area contributed by atoms with Gasteiger partial charge in [0.05, 0.1) is 6.20 Å². The SMILES string of the molecule is CN(C)CCNc1ccn2ncc(-c3ccc4cc[nH]c4c3)c2n1. The van der Waals surface area contributed by atoms with Gasteiger partial charge in [-0.15, -0.1) is 0 Å². The Balaban J connectivity index is 1.69. The summed E-state index contributed by atoms with van der Waals surface area (Å²) in [4.78, 5) is 10.1. The minimum Gasteiger partial charge on any atom is -0.369 e. The molecule has 0 bridgehead atoms. The fraction of sp³-hybridized carbons (Fsp3) is 0.222. The highest BCUT2D eigenvalue weighted by Gasteiger charge is 2.10. The van der Waals surface area contributed by atoms with Crippen molar-refractivity contribution in [2.45, 2.75) is 0 Å². The van der Waals surface area contributed by atoms with E-state index < -0.39 is 0 Å². The molecule has 0 unspecified atom stereocenters. The minimum absolute atomic E-state index is 0.855. The molecule has 0 aliphatic rings. The van der Waals surface area contributed by atoms with Gasteiger partial charge >= 0.3 is 0 Å². The third-order valence-corrected chi connectivity index (χ3v) is 4.10. The summed E-state index contributed by atoms with van der Waals surface area (Å²) < 4.78 is 1.81. The molecule has 6 heteroatoms. The molecule has 0 saturated heterocycles. The van der Waals surface area contributed by atoms with E-state index in [2.05, 4.69) is 58.7 Å². The number of rotatable bonds is 5. The van der Waals surface area contributed by atoms with Gasteiger partial charge in [0.15, 0.2) is 5.65 Å². The number of nitrogens with one attached hydrogen (secondary N) is 2. The van der Waals surface area contributed by atoms with Gasteiger partial charge in [0.2, 0.25) is 0 Å². The van der Waals surface area contributed by atoms with Crippen LogP contribution in [0.4, 0.5) is 5.82 Å². The molecule has 1 aromatic carbocycles. The van der Waals surface area contributed by atoms with Gasteiger partial charge in [-0.05, 0) is 43.2 Å². The van der Waals surface area contributed by atoms with Crippen LogP contribution >= 0.6 is 0 Å². The van der Waals surface area contributed by atoms with Crippen LogP contribution in [0.25, 0.3) is 27.7 Å². The predicted molar refractivity (Wildman–Crippen MR) is 97.3 cm³/mol. The maximum absolute atomic E-state index is 4.74. The summed E-state index contributed by atoms with van der Waals surface area (Å²) in [5.74, 6) is 0.868. The third-order valence-electron chi connectivity index (χ3n) is 4.10. The van der Waals surface area contributed by atoms with Crippen LogP contribution in [-0.4, -0.2) is 51.7 Å². The van der Waals surface area contributed by atoms with Crippen molar-refractivity contribution >= 4 is 22.4 Å². The number of H-pyrrole nitrogens is 1. The molecule has 6 nitrogen and oxygen atoms in total. The summed E-state index contributed by atoms with van der Waals surface area (Å²) in [6, 6.07) is 10.4. The van der Waals surface area contributed by atoms with Crippen molar-refractivity contribution < 1.29 is 0 Å². The fourth-order valence-electron chi connectivity index (χ4n) is 2.79. The Hall–Kier alpha value is -2.86. The lowest BCUT2D eigenvalue weighted by Gasteiger charge is -2.11. The molecule has 3 aromatic heterocycles. The van der Waals surface area contributed by atoms with Gasteiger partial charge in [-0.3, -0.25) is 0 Å². The first-order chi connectivity index (χ1) is 11.7. The molecule has 0 radical (unpaired) electrons. The summed E-state index contributed by atoms with van der Waals surface area (Å²) >= 11 is 0. The van der Waals surface area contributed by atoms with Crippen LogP contribution in [0.2, 0.25) is 0 Å². The Labute approximate surface area is 140 Å². The van der Waals surface area contributed by atoms with E-state index in [-0.39, 0.29) is 0 Å². The van der Waals surface area contributed by atoms with E-state index in [0.29, 0.717) is 0 Å². The number of aromatic nitrogens is 4. The summed E-state index contributed by atoms with van der Waals surface area (Å²) in [5.41, 5.74) is 4.11. The van der Waals surface area contributed by atoms with Crippen molar-refractivity contribution in [1.29, 1.82) is 0 Å². The van der Waals surface area contributed by atoms with Crippen molar-refractivity contribution in [3.05, 3.63) is 48.9 Å². The van der Waals surface area contributed by atoms with E-state index >= 15 is 0 Å². The number of fused-ring (bicyclic) bond motifs is 2. The van der Waals surface area contributed by atoms with Gasteiger partial charge in [0, 0.05) is 36.6 Å². The van der Waals surface area contributed by atoms with E-state index in [9.17, 15) is 0 Å². The molecule has 0 spiro atoms. The highest BCUT2D eigenvalue weighted by atomic mass is 15.2. The highest BCUT2D eigenvalue weighted by molar-refractivity contribution is 5.87. The topological polar surface area (TPSA) is 61.2 Å². The third kappa shape index (κ3) is 2.72. The lowest BCUT2D eigenvalue weighted by molar-refractivity contribution is 0.425. The van der Waals surface area contributed by atoms with Gasteiger partial charge in [-0.25, -0.2) is 9.50 Å². The van der Waals surface area contributed by atoms with Gasteiger partial charge in [-0.2, -0.15) is 5.10 Å². The molecule has 122 valence electrons. The van der Waals surface area contributed by atoms with Crippen LogP contribution < -0.4 is 5.32 Å². The minimum atomic E-state index is 0.855. The Morgan fingerprint density at radius 3 is 3.00 bits per heavy atom. The number of hydrogen-bond acceptors (Lipinski definition) is 4. The summed E-state index contributed by atoms with van der Waals surface area (Å²) in [6.07, 6.45) is 5.77. The Morgan fingerprint density at radius 1 is 1.21 bits per heavy atom. The monoisotopic (exact) mass is 320 g/mol. The standard InChI is InChI=1S/C18H20N6/c1-23(2)10-8-20-17-6-9-24-18(22-17)15(12-21-24)14-4-3-13-5-7-19-16(13)11-14/h3-7,9,11-12,19H,8,10H2,1-2H3,(H,20,22). The summed E-state index contributed by atoms with van der Waals surface area (Å²) in [6.45, 7) is 1.82. The molecule has 0 saturated carbocycles. The van der Waals surface area contributed by atoms with Gasteiger partial charge in [-0.1, -0.05) is 12.1 Å². The van der Waals surface area contributed by atoms with Crippen LogP contribution in [-0.2, 0) is 0 Å². The molecule has 3 heterocycles. The van der Waals surface area contributed by atoms with E-state index in [0.717, 1.165) is 41.2 Å². The predicted octanol–water partition coefficient (Wildman–Crippen LogP) is 2.85. The van der Waals surface area contributed by atoms with Crippen LogP contribution in [0.1, 0.15) is 0 Å². The molecule has 0 fully saturated rings. The molecular weight excluding hydrogens is 300 g/mol. The first kappa shape index (κ1) is 14.7. The maximum Gasteiger partial charge on any atom is 0.165 e. The second-order valence-electron chi connectivity index (χ2n) is 6.15. The molecular formula is C18H20N6. The average molecular weight is 320 g/mol. The normalized spacial score (nSPS) is 11.6. The number of benzene rings is 1. The van der Waals surface area contributed by atoms with E-state index in [1.165, 1.54) is 5.39 Å². The Bertz CT molecular complexity index is 981. The lowest BCUT2D eigenvalue weighted by atomic mass is 10.1. The highest BCUT2D eigenvalue weighted by Crippen LogP contribution is 2.27.